The molecular weight excluding hydrogens is 198 g/mol. The van der Waals surface area contributed by atoms with Crippen LogP contribution in [0, 0.1) is 0 Å². The standard InChI is InChI=1S/C14H23NO/c1-5-11(3)10-13-12(6-2)8-7-9-14(16)15(13)4/h10H,5-9H2,1-4H3/b11-10+. The van der Waals surface area contributed by atoms with E-state index in [2.05, 4.69) is 26.8 Å². The zero-order valence-corrected chi connectivity index (χ0v) is 11.0. The van der Waals surface area contributed by atoms with E-state index >= 15 is 0 Å². The fourth-order valence-electron chi connectivity index (χ4n) is 2.01. The van der Waals surface area contributed by atoms with Crippen molar-refractivity contribution in [2.45, 2.75) is 52.9 Å². The first-order valence-corrected chi connectivity index (χ1v) is 6.25. The van der Waals surface area contributed by atoms with Crippen LogP contribution in [0.4, 0.5) is 0 Å². The summed E-state index contributed by atoms with van der Waals surface area (Å²) in [6, 6.07) is 0. The molecule has 90 valence electrons. The van der Waals surface area contributed by atoms with Gasteiger partial charge in [0.05, 0.1) is 0 Å². The van der Waals surface area contributed by atoms with Crippen molar-refractivity contribution in [3.8, 4) is 0 Å². The zero-order valence-electron chi connectivity index (χ0n) is 11.0. The number of likely N-dealkylation sites (N-methyl/N-ethyl adjacent to an activating group) is 1. The van der Waals surface area contributed by atoms with E-state index in [0.717, 1.165) is 31.4 Å². The lowest BCUT2D eigenvalue weighted by Gasteiger charge is -2.19. The first-order chi connectivity index (χ1) is 7.60. The molecule has 0 fully saturated rings. The summed E-state index contributed by atoms with van der Waals surface area (Å²) in [5.41, 5.74) is 3.90. The molecule has 0 aromatic carbocycles. The molecule has 0 aliphatic carbocycles. The highest BCUT2D eigenvalue weighted by Crippen LogP contribution is 2.25. The molecule has 0 spiro atoms. The van der Waals surface area contributed by atoms with Crippen LogP contribution in [-0.4, -0.2) is 17.9 Å². The van der Waals surface area contributed by atoms with Gasteiger partial charge < -0.3 is 4.90 Å². The quantitative estimate of drug-likeness (QED) is 0.712. The average molecular weight is 221 g/mol. The number of allylic oxidation sites excluding steroid dienone is 3. The Bertz CT molecular complexity index is 326. The van der Waals surface area contributed by atoms with Crippen molar-refractivity contribution < 1.29 is 4.79 Å². The molecular formula is C14H23NO. The summed E-state index contributed by atoms with van der Waals surface area (Å²) >= 11 is 0. The molecule has 0 aromatic heterocycles. The van der Waals surface area contributed by atoms with Gasteiger partial charge in [0.2, 0.25) is 5.91 Å². The monoisotopic (exact) mass is 221 g/mol. The maximum Gasteiger partial charge on any atom is 0.226 e. The first kappa shape index (κ1) is 13.0. The van der Waals surface area contributed by atoms with Gasteiger partial charge in [-0.25, -0.2) is 0 Å². The van der Waals surface area contributed by atoms with E-state index in [0.29, 0.717) is 6.42 Å². The minimum Gasteiger partial charge on any atom is -0.316 e. The summed E-state index contributed by atoms with van der Waals surface area (Å²) in [5.74, 6) is 0.249. The lowest BCUT2D eigenvalue weighted by Crippen LogP contribution is -2.24. The van der Waals surface area contributed by atoms with Crippen LogP contribution in [0.2, 0.25) is 0 Å². The molecule has 0 aromatic rings. The molecule has 0 saturated heterocycles. The molecule has 0 saturated carbocycles. The van der Waals surface area contributed by atoms with Gasteiger partial charge in [-0.1, -0.05) is 19.4 Å². The van der Waals surface area contributed by atoms with Gasteiger partial charge >= 0.3 is 0 Å². The Labute approximate surface area is 99.0 Å². The highest BCUT2D eigenvalue weighted by atomic mass is 16.2. The number of amides is 1. The summed E-state index contributed by atoms with van der Waals surface area (Å²) in [5, 5.41) is 0. The molecule has 0 unspecified atom stereocenters. The van der Waals surface area contributed by atoms with Crippen molar-refractivity contribution >= 4 is 5.91 Å². The topological polar surface area (TPSA) is 20.3 Å². The SMILES string of the molecule is CCC1=C(/C=C(\C)CC)N(C)C(=O)CCC1. The van der Waals surface area contributed by atoms with Crippen LogP contribution >= 0.6 is 0 Å². The molecule has 1 heterocycles. The van der Waals surface area contributed by atoms with Crippen molar-refractivity contribution in [1.29, 1.82) is 0 Å². The van der Waals surface area contributed by atoms with Crippen LogP contribution < -0.4 is 0 Å². The molecule has 0 N–H and O–H groups in total. The molecule has 1 aliphatic rings. The van der Waals surface area contributed by atoms with Gasteiger partial charge in [0.15, 0.2) is 0 Å². The van der Waals surface area contributed by atoms with Crippen LogP contribution in [-0.2, 0) is 4.79 Å². The summed E-state index contributed by atoms with van der Waals surface area (Å²) in [6.45, 7) is 6.45. The van der Waals surface area contributed by atoms with E-state index in [1.54, 1.807) is 0 Å². The second-order valence-electron chi connectivity index (χ2n) is 4.49. The summed E-state index contributed by atoms with van der Waals surface area (Å²) < 4.78 is 0. The summed E-state index contributed by atoms with van der Waals surface area (Å²) in [7, 11) is 1.90. The van der Waals surface area contributed by atoms with Crippen molar-refractivity contribution in [3.05, 3.63) is 22.9 Å². The zero-order chi connectivity index (χ0) is 12.1. The van der Waals surface area contributed by atoms with Gasteiger partial charge in [-0.15, -0.1) is 0 Å². The minimum absolute atomic E-state index is 0.249. The van der Waals surface area contributed by atoms with Crippen molar-refractivity contribution in [1.82, 2.24) is 4.90 Å². The van der Waals surface area contributed by atoms with E-state index in [1.807, 2.05) is 11.9 Å². The lowest BCUT2D eigenvalue weighted by atomic mass is 10.0. The molecule has 1 aliphatic heterocycles. The predicted molar refractivity (Wildman–Crippen MR) is 68.0 cm³/mol. The molecule has 1 amide bonds. The number of nitrogens with zero attached hydrogens (tertiary/aromatic N) is 1. The van der Waals surface area contributed by atoms with Gasteiger partial charge in [-0.2, -0.15) is 0 Å². The molecule has 2 nitrogen and oxygen atoms in total. The van der Waals surface area contributed by atoms with E-state index in [1.165, 1.54) is 11.1 Å². The Balaban J connectivity index is 3.10. The smallest absolute Gasteiger partial charge is 0.226 e. The van der Waals surface area contributed by atoms with Gasteiger partial charge in [0.25, 0.3) is 0 Å². The maximum absolute atomic E-state index is 11.8. The number of hydrogen-bond donors (Lipinski definition) is 0. The second-order valence-corrected chi connectivity index (χ2v) is 4.49. The van der Waals surface area contributed by atoms with E-state index < -0.39 is 0 Å². The van der Waals surface area contributed by atoms with Crippen LogP contribution in [0.3, 0.4) is 0 Å². The van der Waals surface area contributed by atoms with Gasteiger partial charge in [-0.3, -0.25) is 4.79 Å². The Morgan fingerprint density at radius 2 is 2.06 bits per heavy atom. The van der Waals surface area contributed by atoms with E-state index in [-0.39, 0.29) is 5.91 Å². The van der Waals surface area contributed by atoms with Crippen molar-refractivity contribution in [3.63, 3.8) is 0 Å². The number of carbonyl (C=O) groups excluding carboxylic acids is 1. The van der Waals surface area contributed by atoms with Gasteiger partial charge in [-0.05, 0) is 44.3 Å². The Kier molecular flexibility index (Phi) is 4.78. The Hall–Kier alpha value is -1.05. The predicted octanol–water partition coefficient (Wildman–Crippen LogP) is 3.65. The lowest BCUT2D eigenvalue weighted by molar-refractivity contribution is -0.127. The number of carbonyl (C=O) groups is 1. The van der Waals surface area contributed by atoms with Crippen LogP contribution in [0.1, 0.15) is 52.9 Å². The molecule has 0 bridgehead atoms. The minimum atomic E-state index is 0.249. The molecule has 0 radical (unpaired) electrons. The van der Waals surface area contributed by atoms with Crippen LogP contribution in [0.15, 0.2) is 22.9 Å². The van der Waals surface area contributed by atoms with Crippen molar-refractivity contribution in [2.75, 3.05) is 7.05 Å². The largest absolute Gasteiger partial charge is 0.316 e. The average Bonchev–Trinajstić information content (AvgIpc) is 2.42. The molecule has 1 rings (SSSR count). The third-order valence-corrected chi connectivity index (χ3v) is 3.33. The van der Waals surface area contributed by atoms with E-state index in [4.69, 9.17) is 0 Å². The van der Waals surface area contributed by atoms with Crippen molar-refractivity contribution in [2.24, 2.45) is 0 Å². The Morgan fingerprint density at radius 3 is 2.62 bits per heavy atom. The normalized spacial score (nSPS) is 19.1. The summed E-state index contributed by atoms with van der Waals surface area (Å²) in [6.07, 6.45) is 7.01. The number of rotatable bonds is 3. The van der Waals surface area contributed by atoms with E-state index in [9.17, 15) is 4.79 Å². The molecule has 2 heteroatoms. The molecule has 0 atom stereocenters. The first-order valence-electron chi connectivity index (χ1n) is 6.25. The second kappa shape index (κ2) is 5.88. The summed E-state index contributed by atoms with van der Waals surface area (Å²) in [4.78, 5) is 13.7. The maximum atomic E-state index is 11.8. The highest BCUT2D eigenvalue weighted by molar-refractivity contribution is 5.79. The third kappa shape index (κ3) is 2.97. The fourth-order valence-corrected chi connectivity index (χ4v) is 2.01. The molecule has 16 heavy (non-hydrogen) atoms. The van der Waals surface area contributed by atoms with Crippen LogP contribution in [0.25, 0.3) is 0 Å². The van der Waals surface area contributed by atoms with Gasteiger partial charge in [0, 0.05) is 19.2 Å². The fraction of sp³-hybridized carbons (Fsp3) is 0.643. The van der Waals surface area contributed by atoms with Gasteiger partial charge in [0.1, 0.15) is 0 Å². The number of hydrogen-bond acceptors (Lipinski definition) is 1. The highest BCUT2D eigenvalue weighted by Gasteiger charge is 2.19. The Morgan fingerprint density at radius 1 is 1.38 bits per heavy atom. The third-order valence-electron chi connectivity index (χ3n) is 3.33. The van der Waals surface area contributed by atoms with Crippen LogP contribution in [0.5, 0.6) is 0 Å².